The fourth-order valence-electron chi connectivity index (χ4n) is 1.84. The molecule has 106 valence electrons. The lowest BCUT2D eigenvalue weighted by molar-refractivity contribution is 0.625. The predicted molar refractivity (Wildman–Crippen MR) is 83.9 cm³/mol. The Hall–Kier alpha value is -2.10. The molecule has 0 atom stereocenters. The molecule has 2 rings (SSSR count). The molecule has 0 fully saturated rings. The molecule has 0 bridgehead atoms. The van der Waals surface area contributed by atoms with Crippen molar-refractivity contribution in [2.45, 2.75) is 39.8 Å². The lowest BCUT2D eigenvalue weighted by Gasteiger charge is -2.21. The van der Waals surface area contributed by atoms with Gasteiger partial charge in [-0.2, -0.15) is 4.98 Å². The van der Waals surface area contributed by atoms with Gasteiger partial charge in [-0.05, 0) is 33.3 Å². The summed E-state index contributed by atoms with van der Waals surface area (Å²) in [5, 5.41) is 6.64. The fraction of sp³-hybridized carbons (Fsp3) is 0.375. The summed E-state index contributed by atoms with van der Waals surface area (Å²) in [6, 6.07) is 12.2. The SMILES string of the molecule is Cc1cc(NCc2ccccc2)nc(NC(C)(C)C)n1. The van der Waals surface area contributed by atoms with Gasteiger partial charge in [-0.1, -0.05) is 30.3 Å². The fourth-order valence-corrected chi connectivity index (χ4v) is 1.84. The number of hydrogen-bond donors (Lipinski definition) is 2. The third kappa shape index (κ3) is 4.53. The minimum Gasteiger partial charge on any atom is -0.366 e. The highest BCUT2D eigenvalue weighted by molar-refractivity contribution is 5.43. The molecule has 0 spiro atoms. The zero-order chi connectivity index (χ0) is 14.6. The van der Waals surface area contributed by atoms with Gasteiger partial charge < -0.3 is 10.6 Å². The van der Waals surface area contributed by atoms with Crippen LogP contribution in [0.25, 0.3) is 0 Å². The first kappa shape index (κ1) is 14.3. The van der Waals surface area contributed by atoms with Crippen molar-refractivity contribution in [1.82, 2.24) is 9.97 Å². The maximum absolute atomic E-state index is 4.50. The largest absolute Gasteiger partial charge is 0.366 e. The van der Waals surface area contributed by atoms with Crippen molar-refractivity contribution in [3.63, 3.8) is 0 Å². The molecule has 4 heteroatoms. The highest BCUT2D eigenvalue weighted by Gasteiger charge is 2.12. The first-order chi connectivity index (χ1) is 9.42. The number of hydrogen-bond acceptors (Lipinski definition) is 4. The van der Waals surface area contributed by atoms with E-state index in [1.807, 2.05) is 31.2 Å². The number of aromatic nitrogens is 2. The molecule has 0 aliphatic heterocycles. The van der Waals surface area contributed by atoms with Gasteiger partial charge in [0.25, 0.3) is 0 Å². The Kier molecular flexibility index (Phi) is 4.23. The van der Waals surface area contributed by atoms with E-state index >= 15 is 0 Å². The van der Waals surface area contributed by atoms with Gasteiger partial charge in [0, 0.05) is 23.8 Å². The molecule has 1 aromatic heterocycles. The van der Waals surface area contributed by atoms with Gasteiger partial charge in [0.2, 0.25) is 5.95 Å². The second kappa shape index (κ2) is 5.90. The van der Waals surface area contributed by atoms with E-state index in [0.29, 0.717) is 5.95 Å². The molecule has 0 radical (unpaired) electrons. The highest BCUT2D eigenvalue weighted by atomic mass is 15.2. The Balaban J connectivity index is 2.08. The molecule has 0 saturated heterocycles. The van der Waals surface area contributed by atoms with Gasteiger partial charge in [-0.15, -0.1) is 0 Å². The summed E-state index contributed by atoms with van der Waals surface area (Å²) in [4.78, 5) is 8.91. The van der Waals surface area contributed by atoms with E-state index in [4.69, 9.17) is 0 Å². The molecule has 1 aromatic carbocycles. The molecule has 0 aliphatic rings. The average molecular weight is 270 g/mol. The maximum atomic E-state index is 4.50. The van der Waals surface area contributed by atoms with E-state index in [-0.39, 0.29) is 5.54 Å². The van der Waals surface area contributed by atoms with E-state index < -0.39 is 0 Å². The van der Waals surface area contributed by atoms with Crippen molar-refractivity contribution in [2.75, 3.05) is 10.6 Å². The van der Waals surface area contributed by atoms with Crippen LogP contribution in [0.15, 0.2) is 36.4 Å². The predicted octanol–water partition coefficient (Wildman–Crippen LogP) is 3.61. The second-order valence-electron chi connectivity index (χ2n) is 5.93. The molecule has 2 aromatic rings. The first-order valence-corrected chi connectivity index (χ1v) is 6.84. The summed E-state index contributed by atoms with van der Waals surface area (Å²) >= 11 is 0. The van der Waals surface area contributed by atoms with Crippen molar-refractivity contribution < 1.29 is 0 Å². The van der Waals surface area contributed by atoms with Gasteiger partial charge >= 0.3 is 0 Å². The summed E-state index contributed by atoms with van der Waals surface area (Å²) in [7, 11) is 0. The molecule has 1 heterocycles. The number of aryl methyl sites for hydroxylation is 1. The number of rotatable bonds is 4. The van der Waals surface area contributed by atoms with E-state index in [2.05, 4.69) is 53.5 Å². The average Bonchev–Trinajstić information content (AvgIpc) is 2.35. The Morgan fingerprint density at radius 3 is 2.40 bits per heavy atom. The molecular weight excluding hydrogens is 248 g/mol. The number of benzene rings is 1. The van der Waals surface area contributed by atoms with Gasteiger partial charge in [-0.3, -0.25) is 0 Å². The topological polar surface area (TPSA) is 49.8 Å². The molecule has 0 saturated carbocycles. The van der Waals surface area contributed by atoms with Crippen LogP contribution in [-0.2, 0) is 6.54 Å². The molecule has 2 N–H and O–H groups in total. The standard InChI is InChI=1S/C16H22N4/c1-12-10-14(17-11-13-8-6-5-7-9-13)19-15(18-12)20-16(2,3)4/h5-10H,11H2,1-4H3,(H2,17,18,19,20). The van der Waals surface area contributed by atoms with E-state index in [1.165, 1.54) is 5.56 Å². The number of anilines is 2. The third-order valence-corrected chi connectivity index (χ3v) is 2.66. The minimum absolute atomic E-state index is 0.0511. The molecule has 4 nitrogen and oxygen atoms in total. The quantitative estimate of drug-likeness (QED) is 0.891. The number of nitrogens with one attached hydrogen (secondary N) is 2. The Bertz CT molecular complexity index is 558. The Morgan fingerprint density at radius 2 is 1.75 bits per heavy atom. The van der Waals surface area contributed by atoms with E-state index in [9.17, 15) is 0 Å². The summed E-state index contributed by atoms with van der Waals surface area (Å²) in [5.41, 5.74) is 2.13. The first-order valence-electron chi connectivity index (χ1n) is 6.84. The van der Waals surface area contributed by atoms with Gasteiger partial charge in [0.15, 0.2) is 0 Å². The summed E-state index contributed by atoms with van der Waals surface area (Å²) in [6.45, 7) is 9.01. The van der Waals surface area contributed by atoms with Crippen molar-refractivity contribution >= 4 is 11.8 Å². The van der Waals surface area contributed by atoms with Gasteiger partial charge in [0.1, 0.15) is 5.82 Å². The molecule has 20 heavy (non-hydrogen) atoms. The molecule has 0 amide bonds. The molecule has 0 unspecified atom stereocenters. The van der Waals surface area contributed by atoms with Crippen LogP contribution in [0.1, 0.15) is 32.0 Å². The van der Waals surface area contributed by atoms with E-state index in [0.717, 1.165) is 18.1 Å². The van der Waals surface area contributed by atoms with Crippen LogP contribution in [0.4, 0.5) is 11.8 Å². The Labute approximate surface area is 120 Å². The van der Waals surface area contributed by atoms with Crippen molar-refractivity contribution in [3.05, 3.63) is 47.7 Å². The molecule has 0 aliphatic carbocycles. The van der Waals surface area contributed by atoms with Crippen LogP contribution in [-0.4, -0.2) is 15.5 Å². The summed E-state index contributed by atoms with van der Waals surface area (Å²) < 4.78 is 0. The second-order valence-corrected chi connectivity index (χ2v) is 5.93. The Morgan fingerprint density at radius 1 is 1.05 bits per heavy atom. The van der Waals surface area contributed by atoms with Gasteiger partial charge in [-0.25, -0.2) is 4.98 Å². The van der Waals surface area contributed by atoms with Crippen LogP contribution in [0.2, 0.25) is 0 Å². The lowest BCUT2D eigenvalue weighted by Crippen LogP contribution is -2.27. The monoisotopic (exact) mass is 270 g/mol. The lowest BCUT2D eigenvalue weighted by atomic mass is 10.1. The smallest absolute Gasteiger partial charge is 0.225 e. The molecular formula is C16H22N4. The van der Waals surface area contributed by atoms with Crippen LogP contribution in [0.5, 0.6) is 0 Å². The van der Waals surface area contributed by atoms with Crippen LogP contribution >= 0.6 is 0 Å². The van der Waals surface area contributed by atoms with Crippen molar-refractivity contribution in [1.29, 1.82) is 0 Å². The minimum atomic E-state index is -0.0511. The van der Waals surface area contributed by atoms with Gasteiger partial charge in [0.05, 0.1) is 0 Å². The summed E-state index contributed by atoms with van der Waals surface area (Å²) in [5.74, 6) is 1.50. The van der Waals surface area contributed by atoms with Crippen molar-refractivity contribution in [2.24, 2.45) is 0 Å². The van der Waals surface area contributed by atoms with Crippen LogP contribution in [0.3, 0.4) is 0 Å². The van der Waals surface area contributed by atoms with Crippen molar-refractivity contribution in [3.8, 4) is 0 Å². The van der Waals surface area contributed by atoms with Crippen LogP contribution < -0.4 is 10.6 Å². The van der Waals surface area contributed by atoms with E-state index in [1.54, 1.807) is 0 Å². The van der Waals surface area contributed by atoms with Crippen LogP contribution in [0, 0.1) is 6.92 Å². The zero-order valence-corrected chi connectivity index (χ0v) is 12.6. The maximum Gasteiger partial charge on any atom is 0.225 e. The zero-order valence-electron chi connectivity index (χ0n) is 12.6. The normalized spacial score (nSPS) is 11.2. The number of nitrogens with zero attached hydrogens (tertiary/aromatic N) is 2. The third-order valence-electron chi connectivity index (χ3n) is 2.66. The highest BCUT2D eigenvalue weighted by Crippen LogP contribution is 2.14. The summed E-state index contributed by atoms with van der Waals surface area (Å²) in [6.07, 6.45) is 0.